The van der Waals surface area contributed by atoms with Gasteiger partial charge in [-0.3, -0.25) is 20.2 Å². The molecule has 1 saturated heterocycles. The van der Waals surface area contributed by atoms with Crippen LogP contribution in [0.2, 0.25) is 10.0 Å². The highest BCUT2D eigenvalue weighted by Crippen LogP contribution is 2.48. The zero-order valence-electron chi connectivity index (χ0n) is 14.2. The third-order valence-electron chi connectivity index (χ3n) is 4.40. The van der Waals surface area contributed by atoms with Gasteiger partial charge in [0.25, 0.3) is 11.8 Å². The van der Waals surface area contributed by atoms with Gasteiger partial charge in [0.05, 0.1) is 0 Å². The van der Waals surface area contributed by atoms with Gasteiger partial charge in [0.2, 0.25) is 0 Å². The highest BCUT2D eigenvalue weighted by Gasteiger charge is 2.49. The van der Waals surface area contributed by atoms with E-state index in [-0.39, 0.29) is 0 Å². The maximum absolute atomic E-state index is 12.7. The number of halogens is 2. The summed E-state index contributed by atoms with van der Waals surface area (Å²) >= 11 is 13.4. The fourth-order valence-corrected chi connectivity index (χ4v) is 4.44. The van der Waals surface area contributed by atoms with Crippen molar-refractivity contribution in [2.24, 2.45) is 5.41 Å². The maximum Gasteiger partial charge on any atom is 0.328 e. The van der Waals surface area contributed by atoms with E-state index in [4.69, 9.17) is 23.2 Å². The third kappa shape index (κ3) is 3.35. The van der Waals surface area contributed by atoms with Crippen LogP contribution in [0.15, 0.2) is 60.7 Å². The fourth-order valence-electron chi connectivity index (χ4n) is 2.96. The summed E-state index contributed by atoms with van der Waals surface area (Å²) in [5.74, 6) is -1.39. The Bertz CT molecular complexity index is 976. The van der Waals surface area contributed by atoms with Crippen LogP contribution in [0.1, 0.15) is 11.1 Å². The molecule has 0 radical (unpaired) electrons. The highest BCUT2D eigenvalue weighted by atomic mass is 35.5. The number of imide groups is 2. The van der Waals surface area contributed by atoms with Gasteiger partial charge in [-0.2, -0.15) is 0 Å². The topological polar surface area (TPSA) is 75.3 Å². The lowest BCUT2D eigenvalue weighted by Crippen LogP contribution is -2.61. The molecule has 0 unspecified atom stereocenters. The molecule has 8 heteroatoms. The number of carbonyl (C=O) groups excluding carboxylic acids is 3. The Kier molecular flexibility index (Phi) is 4.79. The van der Waals surface area contributed by atoms with E-state index in [0.29, 0.717) is 19.9 Å². The number of hydrogen-bond acceptors (Lipinski definition) is 4. The fraction of sp³-hybridized carbons (Fsp3) is 0.0500. The SMILES string of the molecule is O=C1NC(=O)C2(C=C(c3ccc(Cl)cc3)SC(c3ccc(Cl)cc3)=C2)C(=O)N1. The largest absolute Gasteiger partial charge is 0.328 e. The molecule has 28 heavy (non-hydrogen) atoms. The molecule has 5 nitrogen and oxygen atoms in total. The van der Waals surface area contributed by atoms with Crippen molar-refractivity contribution in [3.05, 3.63) is 81.9 Å². The Morgan fingerprint density at radius 2 is 1.07 bits per heavy atom. The quantitative estimate of drug-likeness (QED) is 0.688. The zero-order chi connectivity index (χ0) is 19.9. The molecular formula is C20H12Cl2N2O3S. The van der Waals surface area contributed by atoms with Gasteiger partial charge < -0.3 is 0 Å². The van der Waals surface area contributed by atoms with Crippen LogP contribution in [0.5, 0.6) is 0 Å². The second-order valence-corrected chi connectivity index (χ2v) is 8.20. The molecule has 0 atom stereocenters. The molecule has 2 aliphatic heterocycles. The highest BCUT2D eigenvalue weighted by molar-refractivity contribution is 8.16. The molecule has 0 bridgehead atoms. The van der Waals surface area contributed by atoms with Crippen LogP contribution < -0.4 is 10.6 Å². The summed E-state index contributed by atoms with van der Waals surface area (Å²) in [7, 11) is 0. The average Bonchev–Trinajstić information content (AvgIpc) is 2.67. The van der Waals surface area contributed by atoms with Crippen molar-refractivity contribution in [3.63, 3.8) is 0 Å². The van der Waals surface area contributed by atoms with Crippen LogP contribution >= 0.6 is 35.0 Å². The van der Waals surface area contributed by atoms with E-state index in [0.717, 1.165) is 11.1 Å². The first kappa shape index (κ1) is 18.8. The molecule has 4 amide bonds. The molecule has 1 fully saturated rings. The molecule has 2 aromatic rings. The number of barbiturate groups is 1. The third-order valence-corrected chi connectivity index (χ3v) is 6.05. The molecule has 1 spiro atoms. The van der Waals surface area contributed by atoms with E-state index < -0.39 is 23.3 Å². The lowest BCUT2D eigenvalue weighted by Gasteiger charge is -2.33. The van der Waals surface area contributed by atoms with E-state index in [1.54, 1.807) is 36.4 Å². The first-order valence-corrected chi connectivity index (χ1v) is 9.77. The number of amides is 4. The van der Waals surface area contributed by atoms with Crippen LogP contribution in [0.25, 0.3) is 9.81 Å². The van der Waals surface area contributed by atoms with Crippen molar-refractivity contribution in [2.75, 3.05) is 0 Å². The van der Waals surface area contributed by atoms with E-state index in [2.05, 4.69) is 10.6 Å². The van der Waals surface area contributed by atoms with Crippen LogP contribution in [0, 0.1) is 5.41 Å². The molecule has 0 saturated carbocycles. The van der Waals surface area contributed by atoms with Crippen molar-refractivity contribution in [1.29, 1.82) is 0 Å². The molecule has 0 aliphatic carbocycles. The second kappa shape index (κ2) is 7.13. The first-order chi connectivity index (χ1) is 13.4. The number of benzene rings is 2. The lowest BCUT2D eigenvalue weighted by atomic mass is 9.82. The van der Waals surface area contributed by atoms with Gasteiger partial charge >= 0.3 is 6.03 Å². The minimum Gasteiger partial charge on any atom is -0.276 e. The number of carbonyl (C=O) groups is 3. The van der Waals surface area contributed by atoms with Crippen molar-refractivity contribution in [3.8, 4) is 0 Å². The molecule has 2 heterocycles. The molecule has 4 rings (SSSR count). The van der Waals surface area contributed by atoms with Gasteiger partial charge in [0, 0.05) is 19.9 Å². The standard InChI is InChI=1S/C20H12Cl2N2O3S/c21-13-5-1-11(2-6-13)15-9-20(17(25)23-19(27)24-18(20)26)10-16(28-15)12-3-7-14(22)8-4-12/h1-10H,(H2,23,24,25,26,27). The summed E-state index contributed by atoms with van der Waals surface area (Å²) in [6, 6.07) is 13.3. The molecule has 140 valence electrons. The average molecular weight is 431 g/mol. The zero-order valence-corrected chi connectivity index (χ0v) is 16.5. The van der Waals surface area contributed by atoms with Crippen LogP contribution in [-0.2, 0) is 9.59 Å². The van der Waals surface area contributed by atoms with Gasteiger partial charge in [0.1, 0.15) is 0 Å². The maximum atomic E-state index is 12.7. The smallest absolute Gasteiger partial charge is 0.276 e. The van der Waals surface area contributed by atoms with Crippen LogP contribution in [0.3, 0.4) is 0 Å². The number of urea groups is 1. The monoisotopic (exact) mass is 430 g/mol. The molecule has 2 N–H and O–H groups in total. The van der Waals surface area contributed by atoms with E-state index in [1.807, 2.05) is 24.3 Å². The van der Waals surface area contributed by atoms with Crippen LogP contribution in [0.4, 0.5) is 4.79 Å². The van der Waals surface area contributed by atoms with Crippen molar-refractivity contribution < 1.29 is 14.4 Å². The normalized spacial score (nSPS) is 18.3. The van der Waals surface area contributed by atoms with Gasteiger partial charge in [-0.25, -0.2) is 4.79 Å². The summed E-state index contributed by atoms with van der Waals surface area (Å²) in [6.07, 6.45) is 3.13. The van der Waals surface area contributed by atoms with Crippen LogP contribution in [-0.4, -0.2) is 17.8 Å². The van der Waals surface area contributed by atoms with Crippen molar-refractivity contribution in [1.82, 2.24) is 10.6 Å². The van der Waals surface area contributed by atoms with Crippen molar-refractivity contribution in [2.45, 2.75) is 0 Å². The molecule has 0 aromatic heterocycles. The number of rotatable bonds is 2. The van der Waals surface area contributed by atoms with Gasteiger partial charge in [-0.1, -0.05) is 59.2 Å². The summed E-state index contributed by atoms with van der Waals surface area (Å²) < 4.78 is 0. The number of thioether (sulfide) groups is 1. The number of nitrogens with one attached hydrogen (secondary N) is 2. The second-order valence-electron chi connectivity index (χ2n) is 6.24. The van der Waals surface area contributed by atoms with Crippen molar-refractivity contribution >= 4 is 62.6 Å². The van der Waals surface area contributed by atoms with E-state index in [9.17, 15) is 14.4 Å². The van der Waals surface area contributed by atoms with E-state index in [1.165, 1.54) is 11.8 Å². The Hall–Kier alpha value is -2.54. The minimum absolute atomic E-state index is 0.576. The first-order valence-electron chi connectivity index (χ1n) is 8.20. The van der Waals surface area contributed by atoms with Gasteiger partial charge in [-0.15, -0.1) is 0 Å². The summed E-state index contributed by atoms with van der Waals surface area (Å²) in [4.78, 5) is 38.4. The Morgan fingerprint density at radius 1 is 0.679 bits per heavy atom. The summed E-state index contributed by atoms with van der Waals surface area (Å²) in [5.41, 5.74) is -0.0417. The molecule has 2 aliphatic rings. The number of hydrogen-bond donors (Lipinski definition) is 2. The van der Waals surface area contributed by atoms with Gasteiger partial charge in [-0.05, 0) is 47.5 Å². The minimum atomic E-state index is -1.64. The summed E-state index contributed by atoms with van der Waals surface area (Å²) in [5, 5.41) is 5.52. The van der Waals surface area contributed by atoms with E-state index >= 15 is 0 Å². The molecular weight excluding hydrogens is 419 g/mol. The predicted molar refractivity (Wildman–Crippen MR) is 111 cm³/mol. The Balaban J connectivity index is 1.87. The Morgan fingerprint density at radius 3 is 1.46 bits per heavy atom. The predicted octanol–water partition coefficient (Wildman–Crippen LogP) is 4.47. The lowest BCUT2D eigenvalue weighted by molar-refractivity contribution is -0.138. The molecule has 2 aromatic carbocycles. The Labute approximate surface area is 174 Å². The van der Waals surface area contributed by atoms with Gasteiger partial charge in [0.15, 0.2) is 5.41 Å². The summed E-state index contributed by atoms with van der Waals surface area (Å²) in [6.45, 7) is 0.